The van der Waals surface area contributed by atoms with Crippen LogP contribution in [0.3, 0.4) is 0 Å². The van der Waals surface area contributed by atoms with E-state index >= 15 is 0 Å². The molecular formula is C14H23NO3. The van der Waals surface area contributed by atoms with Gasteiger partial charge in [-0.15, -0.1) is 0 Å². The first kappa shape index (κ1) is 15.0. The van der Waals surface area contributed by atoms with Crippen molar-refractivity contribution < 1.29 is 14.9 Å². The minimum Gasteiger partial charge on any atom is -0.493 e. The highest BCUT2D eigenvalue weighted by atomic mass is 16.5. The summed E-state index contributed by atoms with van der Waals surface area (Å²) in [6, 6.07) is 7.68. The van der Waals surface area contributed by atoms with Crippen LogP contribution in [-0.2, 0) is 6.42 Å². The van der Waals surface area contributed by atoms with Crippen LogP contribution in [0.25, 0.3) is 0 Å². The van der Waals surface area contributed by atoms with E-state index in [0.29, 0.717) is 19.4 Å². The van der Waals surface area contributed by atoms with E-state index in [1.54, 1.807) is 6.92 Å². The molecule has 0 saturated heterocycles. The summed E-state index contributed by atoms with van der Waals surface area (Å²) in [5.74, 6) is 0.805. The lowest BCUT2D eigenvalue weighted by Gasteiger charge is -2.20. The molecule has 0 aliphatic rings. The molecule has 0 amide bonds. The molecule has 102 valence electrons. The number of hydrogen-bond acceptors (Lipinski definition) is 4. The van der Waals surface area contributed by atoms with Crippen LogP contribution in [0.5, 0.6) is 5.75 Å². The van der Waals surface area contributed by atoms with Crippen LogP contribution in [-0.4, -0.2) is 35.6 Å². The van der Waals surface area contributed by atoms with Crippen molar-refractivity contribution in [1.29, 1.82) is 0 Å². The second-order valence-electron chi connectivity index (χ2n) is 4.73. The van der Waals surface area contributed by atoms with Crippen molar-refractivity contribution in [3.8, 4) is 5.75 Å². The summed E-state index contributed by atoms with van der Waals surface area (Å²) in [7, 11) is 0. The molecule has 0 aromatic heterocycles. The SMILES string of the molecule is CC(O)(CN)CCCOc1ccccc1CCO. The highest BCUT2D eigenvalue weighted by molar-refractivity contribution is 5.33. The van der Waals surface area contributed by atoms with Crippen LogP contribution < -0.4 is 10.5 Å². The van der Waals surface area contributed by atoms with Gasteiger partial charge in [-0.05, 0) is 37.8 Å². The number of ether oxygens (including phenoxy) is 1. The third-order valence-corrected chi connectivity index (χ3v) is 2.91. The maximum atomic E-state index is 9.75. The standard InChI is InChI=1S/C14H23NO3/c1-14(17,11-15)8-4-10-18-13-6-3-2-5-12(13)7-9-16/h2-3,5-6,16-17H,4,7-11,15H2,1H3. The zero-order chi connectivity index (χ0) is 13.4. The maximum Gasteiger partial charge on any atom is 0.122 e. The van der Waals surface area contributed by atoms with Crippen molar-refractivity contribution in [1.82, 2.24) is 0 Å². The topological polar surface area (TPSA) is 75.7 Å². The number of para-hydroxylation sites is 1. The molecule has 4 nitrogen and oxygen atoms in total. The first-order valence-electron chi connectivity index (χ1n) is 6.33. The Kier molecular flexibility index (Phi) is 6.12. The van der Waals surface area contributed by atoms with Crippen LogP contribution >= 0.6 is 0 Å². The van der Waals surface area contributed by atoms with E-state index in [1.165, 1.54) is 0 Å². The van der Waals surface area contributed by atoms with Crippen molar-refractivity contribution in [2.24, 2.45) is 5.73 Å². The second-order valence-corrected chi connectivity index (χ2v) is 4.73. The van der Waals surface area contributed by atoms with E-state index in [4.69, 9.17) is 15.6 Å². The van der Waals surface area contributed by atoms with Gasteiger partial charge < -0.3 is 20.7 Å². The molecular weight excluding hydrogens is 230 g/mol. The van der Waals surface area contributed by atoms with Crippen LogP contribution in [0.15, 0.2) is 24.3 Å². The van der Waals surface area contributed by atoms with Gasteiger partial charge in [0.05, 0.1) is 12.2 Å². The number of aliphatic hydroxyl groups is 2. The average Bonchev–Trinajstić information content (AvgIpc) is 2.37. The zero-order valence-corrected chi connectivity index (χ0v) is 10.9. The molecule has 1 aromatic carbocycles. The third kappa shape index (κ3) is 5.04. The van der Waals surface area contributed by atoms with Gasteiger partial charge in [0.25, 0.3) is 0 Å². The highest BCUT2D eigenvalue weighted by Gasteiger charge is 2.17. The van der Waals surface area contributed by atoms with Gasteiger partial charge in [-0.25, -0.2) is 0 Å². The van der Waals surface area contributed by atoms with E-state index in [2.05, 4.69) is 0 Å². The maximum absolute atomic E-state index is 9.75. The van der Waals surface area contributed by atoms with Gasteiger partial charge in [-0.3, -0.25) is 0 Å². The summed E-state index contributed by atoms with van der Waals surface area (Å²) in [5, 5.41) is 18.7. The molecule has 4 heteroatoms. The summed E-state index contributed by atoms with van der Waals surface area (Å²) in [6.07, 6.45) is 1.96. The van der Waals surface area contributed by atoms with Gasteiger partial charge in [0.2, 0.25) is 0 Å². The molecule has 1 rings (SSSR count). The number of rotatable bonds is 8. The molecule has 0 bridgehead atoms. The molecule has 18 heavy (non-hydrogen) atoms. The Bertz CT molecular complexity index is 353. The Morgan fingerprint density at radius 3 is 2.72 bits per heavy atom. The summed E-state index contributed by atoms with van der Waals surface area (Å²) in [4.78, 5) is 0. The Morgan fingerprint density at radius 2 is 2.06 bits per heavy atom. The van der Waals surface area contributed by atoms with Crippen molar-refractivity contribution in [3.63, 3.8) is 0 Å². The predicted octanol–water partition coefficient (Wildman–Crippen LogP) is 1.09. The molecule has 0 fully saturated rings. The van der Waals surface area contributed by atoms with Crippen molar-refractivity contribution in [3.05, 3.63) is 29.8 Å². The number of aliphatic hydroxyl groups excluding tert-OH is 1. The van der Waals surface area contributed by atoms with E-state index in [-0.39, 0.29) is 13.2 Å². The minimum absolute atomic E-state index is 0.113. The molecule has 1 unspecified atom stereocenters. The fourth-order valence-electron chi connectivity index (χ4n) is 1.71. The summed E-state index contributed by atoms with van der Waals surface area (Å²) < 4.78 is 5.67. The van der Waals surface area contributed by atoms with Crippen molar-refractivity contribution >= 4 is 0 Å². The van der Waals surface area contributed by atoms with E-state index in [9.17, 15) is 5.11 Å². The number of nitrogens with two attached hydrogens (primary N) is 1. The monoisotopic (exact) mass is 253 g/mol. The smallest absolute Gasteiger partial charge is 0.122 e. The first-order valence-corrected chi connectivity index (χ1v) is 6.33. The van der Waals surface area contributed by atoms with Crippen LogP contribution in [0.1, 0.15) is 25.3 Å². The highest BCUT2D eigenvalue weighted by Crippen LogP contribution is 2.19. The molecule has 0 saturated carbocycles. The molecule has 1 atom stereocenters. The third-order valence-electron chi connectivity index (χ3n) is 2.91. The molecule has 0 aliphatic carbocycles. The average molecular weight is 253 g/mol. The second kappa shape index (κ2) is 7.36. The van der Waals surface area contributed by atoms with Crippen molar-refractivity contribution in [2.45, 2.75) is 31.8 Å². The summed E-state index contributed by atoms with van der Waals surface area (Å²) >= 11 is 0. The minimum atomic E-state index is -0.812. The molecule has 0 spiro atoms. The molecule has 0 radical (unpaired) electrons. The lowest BCUT2D eigenvalue weighted by atomic mass is 10.0. The Labute approximate surface area is 108 Å². The fraction of sp³-hybridized carbons (Fsp3) is 0.571. The lowest BCUT2D eigenvalue weighted by molar-refractivity contribution is 0.0535. The van der Waals surface area contributed by atoms with E-state index < -0.39 is 5.60 Å². The molecule has 1 aromatic rings. The van der Waals surface area contributed by atoms with E-state index in [1.807, 2.05) is 24.3 Å². The number of hydrogen-bond donors (Lipinski definition) is 3. The molecule has 4 N–H and O–H groups in total. The molecule has 0 heterocycles. The lowest BCUT2D eigenvalue weighted by Crippen LogP contribution is -2.34. The predicted molar refractivity (Wildman–Crippen MR) is 71.6 cm³/mol. The zero-order valence-electron chi connectivity index (χ0n) is 10.9. The van der Waals surface area contributed by atoms with E-state index in [0.717, 1.165) is 17.7 Å². The fourth-order valence-corrected chi connectivity index (χ4v) is 1.71. The van der Waals surface area contributed by atoms with Crippen LogP contribution in [0.4, 0.5) is 0 Å². The quantitative estimate of drug-likeness (QED) is 0.606. The van der Waals surface area contributed by atoms with Crippen LogP contribution in [0, 0.1) is 0 Å². The van der Waals surface area contributed by atoms with Gasteiger partial charge in [-0.2, -0.15) is 0 Å². The largest absolute Gasteiger partial charge is 0.493 e. The van der Waals surface area contributed by atoms with Gasteiger partial charge >= 0.3 is 0 Å². The van der Waals surface area contributed by atoms with Gasteiger partial charge in [-0.1, -0.05) is 18.2 Å². The van der Waals surface area contributed by atoms with Crippen molar-refractivity contribution in [2.75, 3.05) is 19.8 Å². The Morgan fingerprint density at radius 1 is 1.33 bits per heavy atom. The summed E-state index contributed by atoms with van der Waals surface area (Å²) in [5.41, 5.74) is 5.64. The Hall–Kier alpha value is -1.10. The Balaban J connectivity index is 2.39. The normalized spacial score (nSPS) is 14.2. The van der Waals surface area contributed by atoms with Gasteiger partial charge in [0.1, 0.15) is 5.75 Å². The van der Waals surface area contributed by atoms with Crippen LogP contribution in [0.2, 0.25) is 0 Å². The first-order chi connectivity index (χ1) is 8.59. The number of benzene rings is 1. The summed E-state index contributed by atoms with van der Waals surface area (Å²) in [6.45, 7) is 2.64. The van der Waals surface area contributed by atoms with Gasteiger partial charge in [0.15, 0.2) is 0 Å². The van der Waals surface area contributed by atoms with Gasteiger partial charge in [0, 0.05) is 13.2 Å². The molecule has 0 aliphatic heterocycles.